The van der Waals surface area contributed by atoms with Crippen LogP contribution >= 0.6 is 15.9 Å². The molecule has 1 saturated heterocycles. The Balaban J connectivity index is 1.80. The highest BCUT2D eigenvalue weighted by Gasteiger charge is 2.32. The third-order valence-electron chi connectivity index (χ3n) is 3.72. The number of benzene rings is 1. The minimum absolute atomic E-state index is 0.0899. The van der Waals surface area contributed by atoms with Gasteiger partial charge in [-0.1, -0.05) is 28.4 Å². The van der Waals surface area contributed by atoms with Gasteiger partial charge in [0.05, 0.1) is 5.56 Å². The third-order valence-corrected chi connectivity index (χ3v) is 4.41. The molecule has 1 N–H and O–H groups in total. The molecule has 0 atom stereocenters. The van der Waals surface area contributed by atoms with Crippen molar-refractivity contribution >= 4 is 15.9 Å². The van der Waals surface area contributed by atoms with E-state index in [0.29, 0.717) is 12.1 Å². The van der Waals surface area contributed by atoms with Gasteiger partial charge < -0.3 is 10.2 Å². The van der Waals surface area contributed by atoms with Gasteiger partial charge in [-0.05, 0) is 43.6 Å². The molecule has 1 aromatic carbocycles. The molecule has 118 valence electrons. The molecule has 21 heavy (non-hydrogen) atoms. The average Bonchev–Trinajstić information content (AvgIpc) is 2.45. The first kappa shape index (κ1) is 16.8. The van der Waals surface area contributed by atoms with Crippen LogP contribution in [0.15, 0.2) is 22.7 Å². The fourth-order valence-electron chi connectivity index (χ4n) is 2.55. The van der Waals surface area contributed by atoms with Gasteiger partial charge in [0.25, 0.3) is 0 Å². The Kier molecular flexibility index (Phi) is 6.08. The summed E-state index contributed by atoms with van der Waals surface area (Å²) in [6, 6.07) is 4.38. The number of nitrogens with one attached hydrogen (secondary N) is 1. The standard InChI is InChI=1S/C15H20BrF3N2/c16-14-5-4-12(10-13(14)15(17,18)19)11-20-6-9-21-7-2-1-3-8-21/h4-5,10,20H,1-3,6-9,11H2. The van der Waals surface area contributed by atoms with Crippen LogP contribution in [0.2, 0.25) is 0 Å². The van der Waals surface area contributed by atoms with Crippen molar-refractivity contribution in [2.24, 2.45) is 0 Å². The molecule has 2 rings (SSSR count). The summed E-state index contributed by atoms with van der Waals surface area (Å²) in [5.74, 6) is 0. The minimum atomic E-state index is -4.32. The summed E-state index contributed by atoms with van der Waals surface area (Å²) in [6.45, 7) is 4.50. The predicted molar refractivity (Wildman–Crippen MR) is 81.1 cm³/mol. The highest BCUT2D eigenvalue weighted by molar-refractivity contribution is 9.10. The molecule has 1 fully saturated rings. The highest BCUT2D eigenvalue weighted by Crippen LogP contribution is 2.35. The summed E-state index contributed by atoms with van der Waals surface area (Å²) in [7, 11) is 0. The number of nitrogens with zero attached hydrogens (tertiary/aromatic N) is 1. The van der Waals surface area contributed by atoms with Crippen LogP contribution in [0.25, 0.3) is 0 Å². The van der Waals surface area contributed by atoms with Gasteiger partial charge in [0, 0.05) is 24.1 Å². The number of piperidine rings is 1. The summed E-state index contributed by atoms with van der Waals surface area (Å²) in [6.07, 6.45) is -0.505. The second-order valence-electron chi connectivity index (χ2n) is 5.39. The third kappa shape index (κ3) is 5.27. The number of hydrogen-bond donors (Lipinski definition) is 1. The molecule has 0 spiro atoms. The van der Waals surface area contributed by atoms with E-state index in [1.165, 1.54) is 31.4 Å². The second kappa shape index (κ2) is 7.61. The molecule has 0 radical (unpaired) electrons. The Bertz CT molecular complexity index is 457. The van der Waals surface area contributed by atoms with Crippen LogP contribution in [0.1, 0.15) is 30.4 Å². The first-order chi connectivity index (χ1) is 9.97. The number of halogens is 4. The van der Waals surface area contributed by atoms with Crippen LogP contribution in [0, 0.1) is 0 Å². The highest BCUT2D eigenvalue weighted by atomic mass is 79.9. The quantitative estimate of drug-likeness (QED) is 0.793. The van der Waals surface area contributed by atoms with Gasteiger partial charge in [-0.3, -0.25) is 0 Å². The zero-order chi connectivity index (χ0) is 15.3. The Hall–Kier alpha value is -0.590. The van der Waals surface area contributed by atoms with E-state index in [-0.39, 0.29) is 4.47 Å². The van der Waals surface area contributed by atoms with Crippen molar-refractivity contribution in [3.63, 3.8) is 0 Å². The zero-order valence-corrected chi connectivity index (χ0v) is 13.4. The van der Waals surface area contributed by atoms with Crippen molar-refractivity contribution in [3.05, 3.63) is 33.8 Å². The van der Waals surface area contributed by atoms with E-state index >= 15 is 0 Å². The molecule has 2 nitrogen and oxygen atoms in total. The molecule has 0 aliphatic carbocycles. The van der Waals surface area contributed by atoms with E-state index in [4.69, 9.17) is 0 Å². The molecule has 1 aromatic rings. The molecular formula is C15H20BrF3N2. The van der Waals surface area contributed by atoms with Crippen LogP contribution < -0.4 is 5.32 Å². The summed E-state index contributed by atoms with van der Waals surface area (Å²) in [5, 5.41) is 3.22. The van der Waals surface area contributed by atoms with E-state index in [9.17, 15) is 13.2 Å². The monoisotopic (exact) mass is 364 g/mol. The number of likely N-dealkylation sites (tertiary alicyclic amines) is 1. The van der Waals surface area contributed by atoms with Crippen LogP contribution in [0.5, 0.6) is 0 Å². The smallest absolute Gasteiger partial charge is 0.311 e. The van der Waals surface area contributed by atoms with Gasteiger partial charge in [0.1, 0.15) is 0 Å². The second-order valence-corrected chi connectivity index (χ2v) is 6.25. The van der Waals surface area contributed by atoms with E-state index in [0.717, 1.165) is 26.2 Å². The Morgan fingerprint density at radius 2 is 1.86 bits per heavy atom. The largest absolute Gasteiger partial charge is 0.417 e. The van der Waals surface area contributed by atoms with Gasteiger partial charge in [0.2, 0.25) is 0 Å². The lowest BCUT2D eigenvalue weighted by molar-refractivity contribution is -0.138. The molecule has 0 unspecified atom stereocenters. The van der Waals surface area contributed by atoms with E-state index in [1.807, 2.05) is 0 Å². The first-order valence-electron chi connectivity index (χ1n) is 7.25. The van der Waals surface area contributed by atoms with Gasteiger partial charge in [-0.25, -0.2) is 0 Å². The summed E-state index contributed by atoms with van der Waals surface area (Å²) in [4.78, 5) is 2.40. The van der Waals surface area contributed by atoms with Crippen molar-refractivity contribution in [1.82, 2.24) is 10.2 Å². The average molecular weight is 365 g/mol. The van der Waals surface area contributed by atoms with Crippen molar-refractivity contribution in [2.75, 3.05) is 26.2 Å². The molecule has 1 aliphatic heterocycles. The maximum atomic E-state index is 12.8. The minimum Gasteiger partial charge on any atom is -0.311 e. The van der Waals surface area contributed by atoms with Gasteiger partial charge >= 0.3 is 6.18 Å². The molecular weight excluding hydrogens is 345 g/mol. The summed E-state index contributed by atoms with van der Waals surface area (Å²) in [5.41, 5.74) is 0.0435. The fourth-order valence-corrected chi connectivity index (χ4v) is 3.02. The molecule has 1 aliphatic rings. The maximum Gasteiger partial charge on any atom is 0.417 e. The molecule has 0 bridgehead atoms. The van der Waals surface area contributed by atoms with Crippen molar-refractivity contribution < 1.29 is 13.2 Å². The molecule has 6 heteroatoms. The molecule has 0 aromatic heterocycles. The predicted octanol–water partition coefficient (Wildman–Crippen LogP) is 4.04. The molecule has 1 heterocycles. The first-order valence-corrected chi connectivity index (χ1v) is 8.05. The Morgan fingerprint density at radius 1 is 1.14 bits per heavy atom. The number of rotatable bonds is 5. The van der Waals surface area contributed by atoms with Crippen LogP contribution in [0.3, 0.4) is 0 Å². The van der Waals surface area contributed by atoms with Crippen molar-refractivity contribution in [3.8, 4) is 0 Å². The van der Waals surface area contributed by atoms with Gasteiger partial charge in [-0.2, -0.15) is 13.2 Å². The number of hydrogen-bond acceptors (Lipinski definition) is 2. The van der Waals surface area contributed by atoms with E-state index < -0.39 is 11.7 Å². The molecule has 0 amide bonds. The van der Waals surface area contributed by atoms with Crippen molar-refractivity contribution in [2.45, 2.75) is 32.0 Å². The number of alkyl halides is 3. The lowest BCUT2D eigenvalue weighted by Gasteiger charge is -2.26. The lowest BCUT2D eigenvalue weighted by atomic mass is 10.1. The lowest BCUT2D eigenvalue weighted by Crippen LogP contribution is -2.35. The van der Waals surface area contributed by atoms with Crippen molar-refractivity contribution in [1.29, 1.82) is 0 Å². The summed E-state index contributed by atoms with van der Waals surface area (Å²) < 4.78 is 38.5. The van der Waals surface area contributed by atoms with Crippen LogP contribution in [0.4, 0.5) is 13.2 Å². The Labute approximate surface area is 131 Å². The van der Waals surface area contributed by atoms with E-state index in [1.54, 1.807) is 6.07 Å². The zero-order valence-electron chi connectivity index (χ0n) is 11.8. The molecule has 0 saturated carbocycles. The van der Waals surface area contributed by atoms with Crippen LogP contribution in [-0.4, -0.2) is 31.1 Å². The van der Waals surface area contributed by atoms with Gasteiger partial charge in [0.15, 0.2) is 0 Å². The topological polar surface area (TPSA) is 15.3 Å². The Morgan fingerprint density at radius 3 is 2.52 bits per heavy atom. The normalized spacial score (nSPS) is 17.1. The van der Waals surface area contributed by atoms with E-state index in [2.05, 4.69) is 26.1 Å². The van der Waals surface area contributed by atoms with Gasteiger partial charge in [-0.15, -0.1) is 0 Å². The summed E-state index contributed by atoms with van der Waals surface area (Å²) >= 11 is 2.95. The maximum absolute atomic E-state index is 12.8. The van der Waals surface area contributed by atoms with Crippen LogP contribution in [-0.2, 0) is 12.7 Å². The fraction of sp³-hybridized carbons (Fsp3) is 0.600. The SMILES string of the molecule is FC(F)(F)c1cc(CNCCN2CCCCC2)ccc1Br.